The van der Waals surface area contributed by atoms with Crippen LogP contribution in [0.1, 0.15) is 30.6 Å². The summed E-state index contributed by atoms with van der Waals surface area (Å²) in [5.74, 6) is -1.13. The fourth-order valence-electron chi connectivity index (χ4n) is 1.65. The van der Waals surface area contributed by atoms with Crippen molar-refractivity contribution in [1.82, 2.24) is 5.32 Å². The van der Waals surface area contributed by atoms with E-state index in [9.17, 15) is 14.7 Å². The summed E-state index contributed by atoms with van der Waals surface area (Å²) in [5.41, 5.74) is 0.525. The van der Waals surface area contributed by atoms with Crippen LogP contribution in [0.25, 0.3) is 0 Å². The van der Waals surface area contributed by atoms with Gasteiger partial charge in [0.15, 0.2) is 0 Å². The van der Waals surface area contributed by atoms with Gasteiger partial charge in [-0.15, -0.1) is 0 Å². The van der Waals surface area contributed by atoms with E-state index in [1.54, 1.807) is 6.07 Å². The highest BCUT2D eigenvalue weighted by molar-refractivity contribution is 14.1. The standard InChI is InChI=1S/C13H14I3NO3/c1-6(2)3-10(13(19)20)17-12(18)8-4-7(14)5-9(15)11(8)16/h4-6,10H,3H2,1-2H3,(H,17,18)(H,19,20)/t10-/m1/s1. The van der Waals surface area contributed by atoms with Gasteiger partial charge in [0.05, 0.1) is 5.56 Å². The monoisotopic (exact) mass is 613 g/mol. The molecule has 0 fully saturated rings. The van der Waals surface area contributed by atoms with E-state index < -0.39 is 12.0 Å². The van der Waals surface area contributed by atoms with Gasteiger partial charge in [0.25, 0.3) is 5.91 Å². The fourth-order valence-corrected chi connectivity index (χ4v) is 4.05. The molecule has 0 bridgehead atoms. The number of halogens is 3. The second-order valence-electron chi connectivity index (χ2n) is 4.74. The predicted molar refractivity (Wildman–Crippen MR) is 103 cm³/mol. The van der Waals surface area contributed by atoms with Crippen molar-refractivity contribution in [2.24, 2.45) is 5.92 Å². The van der Waals surface area contributed by atoms with Crippen LogP contribution in [0.15, 0.2) is 12.1 Å². The van der Waals surface area contributed by atoms with Crippen LogP contribution in [0, 0.1) is 16.6 Å². The first-order valence-electron chi connectivity index (χ1n) is 5.90. The minimum Gasteiger partial charge on any atom is -0.480 e. The highest BCUT2D eigenvalue weighted by Gasteiger charge is 2.23. The minimum atomic E-state index is -0.998. The van der Waals surface area contributed by atoms with Crippen molar-refractivity contribution in [2.45, 2.75) is 26.3 Å². The molecule has 0 heterocycles. The molecular weight excluding hydrogens is 599 g/mol. The van der Waals surface area contributed by atoms with Gasteiger partial charge >= 0.3 is 5.97 Å². The molecule has 1 amide bonds. The van der Waals surface area contributed by atoms with Crippen LogP contribution in [0.3, 0.4) is 0 Å². The van der Waals surface area contributed by atoms with E-state index in [-0.39, 0.29) is 11.8 Å². The summed E-state index contributed by atoms with van der Waals surface area (Å²) in [4.78, 5) is 23.5. The molecule has 0 unspecified atom stereocenters. The Balaban J connectivity index is 2.97. The summed E-state index contributed by atoms with van der Waals surface area (Å²) in [5, 5.41) is 11.8. The van der Waals surface area contributed by atoms with Crippen molar-refractivity contribution < 1.29 is 14.7 Å². The second kappa shape index (κ2) is 8.11. The van der Waals surface area contributed by atoms with E-state index in [4.69, 9.17) is 0 Å². The number of hydrogen-bond donors (Lipinski definition) is 2. The lowest BCUT2D eigenvalue weighted by Gasteiger charge is -2.17. The Kier molecular flexibility index (Phi) is 7.46. The molecule has 0 aromatic heterocycles. The number of benzene rings is 1. The first kappa shape index (κ1) is 18.4. The molecule has 0 aliphatic carbocycles. The third-order valence-electron chi connectivity index (χ3n) is 2.55. The zero-order valence-electron chi connectivity index (χ0n) is 10.9. The van der Waals surface area contributed by atoms with Gasteiger partial charge in [-0.2, -0.15) is 0 Å². The van der Waals surface area contributed by atoms with Crippen molar-refractivity contribution in [1.29, 1.82) is 0 Å². The molecular formula is C13H14I3NO3. The Hall–Kier alpha value is 0.350. The molecule has 0 saturated carbocycles. The van der Waals surface area contributed by atoms with E-state index in [1.807, 2.05) is 19.9 Å². The van der Waals surface area contributed by atoms with Crippen LogP contribution in [0.5, 0.6) is 0 Å². The van der Waals surface area contributed by atoms with Crippen LogP contribution in [0.4, 0.5) is 0 Å². The number of carbonyl (C=O) groups is 2. The zero-order chi connectivity index (χ0) is 15.4. The lowest BCUT2D eigenvalue weighted by Crippen LogP contribution is -2.42. The van der Waals surface area contributed by atoms with Crippen molar-refractivity contribution in [3.05, 3.63) is 28.4 Å². The van der Waals surface area contributed by atoms with Crippen LogP contribution < -0.4 is 5.32 Å². The maximum absolute atomic E-state index is 12.3. The van der Waals surface area contributed by atoms with Gasteiger partial charge in [-0.1, -0.05) is 13.8 Å². The number of carboxylic acid groups (broad SMARTS) is 1. The maximum atomic E-state index is 12.3. The molecule has 1 rings (SSSR count). The van der Waals surface area contributed by atoms with Crippen LogP contribution in [0.2, 0.25) is 0 Å². The average molecular weight is 613 g/mol. The Morgan fingerprint density at radius 2 is 1.85 bits per heavy atom. The van der Waals surface area contributed by atoms with E-state index in [2.05, 4.69) is 73.1 Å². The van der Waals surface area contributed by atoms with Crippen LogP contribution >= 0.6 is 67.8 Å². The molecule has 0 spiro atoms. The smallest absolute Gasteiger partial charge is 0.326 e. The zero-order valence-corrected chi connectivity index (χ0v) is 17.4. The van der Waals surface area contributed by atoms with Crippen LogP contribution in [-0.2, 0) is 4.79 Å². The molecule has 1 aromatic rings. The molecule has 20 heavy (non-hydrogen) atoms. The Morgan fingerprint density at radius 1 is 1.25 bits per heavy atom. The first-order valence-corrected chi connectivity index (χ1v) is 9.14. The fraction of sp³-hybridized carbons (Fsp3) is 0.385. The van der Waals surface area contributed by atoms with Crippen molar-refractivity contribution in [2.75, 3.05) is 0 Å². The molecule has 110 valence electrons. The summed E-state index contributed by atoms with van der Waals surface area (Å²) in [7, 11) is 0. The molecule has 1 aromatic carbocycles. The molecule has 7 heteroatoms. The highest BCUT2D eigenvalue weighted by atomic mass is 127. The summed E-state index contributed by atoms with van der Waals surface area (Å²) >= 11 is 6.42. The third kappa shape index (κ3) is 5.28. The number of aliphatic carboxylic acids is 1. The quantitative estimate of drug-likeness (QED) is 0.394. The summed E-state index contributed by atoms with van der Waals surface area (Å²) < 4.78 is 2.78. The molecule has 0 aliphatic heterocycles. The number of amides is 1. The number of rotatable bonds is 5. The number of nitrogens with one attached hydrogen (secondary N) is 1. The summed E-state index contributed by atoms with van der Waals surface area (Å²) in [6, 6.07) is 2.89. The second-order valence-corrected chi connectivity index (χ2v) is 8.23. The number of carbonyl (C=O) groups excluding carboxylic acids is 1. The van der Waals surface area contributed by atoms with E-state index in [1.165, 1.54) is 0 Å². The molecule has 0 radical (unpaired) electrons. The summed E-state index contributed by atoms with van der Waals surface area (Å²) in [6.45, 7) is 3.86. The molecule has 4 nitrogen and oxygen atoms in total. The Bertz CT molecular complexity index is 532. The molecule has 2 N–H and O–H groups in total. The van der Waals surface area contributed by atoms with Crippen molar-refractivity contribution in [3.8, 4) is 0 Å². The summed E-state index contributed by atoms with van der Waals surface area (Å²) in [6.07, 6.45) is 0.415. The van der Waals surface area contributed by atoms with Gasteiger partial charge in [0.1, 0.15) is 6.04 Å². The number of hydrogen-bond acceptors (Lipinski definition) is 2. The Morgan fingerprint density at radius 3 is 2.35 bits per heavy atom. The molecule has 1 atom stereocenters. The first-order chi connectivity index (χ1) is 9.22. The Labute approximate surface area is 158 Å². The van der Waals surface area contributed by atoms with Gasteiger partial charge in [-0.3, -0.25) is 4.79 Å². The van der Waals surface area contributed by atoms with Crippen molar-refractivity contribution >= 4 is 79.6 Å². The van der Waals surface area contributed by atoms with Gasteiger partial charge in [-0.05, 0) is 92.2 Å². The molecule has 0 saturated heterocycles. The van der Waals surface area contributed by atoms with Gasteiger partial charge in [0, 0.05) is 10.7 Å². The third-order valence-corrected chi connectivity index (χ3v) is 6.22. The normalized spacial score (nSPS) is 12.3. The van der Waals surface area contributed by atoms with E-state index in [0.29, 0.717) is 12.0 Å². The van der Waals surface area contributed by atoms with Gasteiger partial charge in [-0.25, -0.2) is 4.79 Å². The molecule has 0 aliphatic rings. The van der Waals surface area contributed by atoms with Gasteiger partial charge < -0.3 is 10.4 Å². The lowest BCUT2D eigenvalue weighted by atomic mass is 10.0. The SMILES string of the molecule is CC(C)C[C@@H](NC(=O)c1cc(I)cc(I)c1I)C(=O)O. The largest absolute Gasteiger partial charge is 0.480 e. The number of carboxylic acids is 1. The van der Waals surface area contributed by atoms with Gasteiger partial charge in [0.2, 0.25) is 0 Å². The lowest BCUT2D eigenvalue weighted by molar-refractivity contribution is -0.139. The maximum Gasteiger partial charge on any atom is 0.326 e. The average Bonchev–Trinajstić information content (AvgIpc) is 2.32. The topological polar surface area (TPSA) is 66.4 Å². The van der Waals surface area contributed by atoms with E-state index >= 15 is 0 Å². The highest BCUT2D eigenvalue weighted by Crippen LogP contribution is 2.23. The van der Waals surface area contributed by atoms with Crippen molar-refractivity contribution in [3.63, 3.8) is 0 Å². The predicted octanol–water partition coefficient (Wildman–Crippen LogP) is 3.73. The minimum absolute atomic E-state index is 0.200. The van der Waals surface area contributed by atoms with E-state index in [0.717, 1.165) is 10.7 Å². The van der Waals surface area contributed by atoms with Crippen LogP contribution in [-0.4, -0.2) is 23.0 Å².